The second-order valence-electron chi connectivity index (χ2n) is 11.0. The summed E-state index contributed by atoms with van der Waals surface area (Å²) in [7, 11) is 0. The van der Waals surface area contributed by atoms with E-state index in [-0.39, 0.29) is 0 Å². The van der Waals surface area contributed by atoms with Crippen LogP contribution in [-0.4, -0.2) is 0 Å². The minimum absolute atomic E-state index is 0.868. The van der Waals surface area contributed by atoms with Gasteiger partial charge in [-0.25, -0.2) is 0 Å². The van der Waals surface area contributed by atoms with Gasteiger partial charge in [0.2, 0.25) is 0 Å². The van der Waals surface area contributed by atoms with E-state index >= 15 is 0 Å². The summed E-state index contributed by atoms with van der Waals surface area (Å²) in [5, 5.41) is 2.20. The average molecular weight is 564 g/mol. The number of hydrogen-bond acceptors (Lipinski definition) is 2. The third-order valence-electron chi connectivity index (χ3n) is 8.29. The van der Waals surface area contributed by atoms with Crippen molar-refractivity contribution in [2.75, 3.05) is 4.90 Å². The van der Waals surface area contributed by atoms with Crippen LogP contribution in [0.15, 0.2) is 180 Å². The predicted molar refractivity (Wildman–Crippen MR) is 185 cm³/mol. The summed E-state index contributed by atoms with van der Waals surface area (Å²) in [4.78, 5) is 2.34. The van der Waals surface area contributed by atoms with E-state index in [1.54, 1.807) is 0 Å². The molecule has 0 unspecified atom stereocenters. The van der Waals surface area contributed by atoms with Crippen molar-refractivity contribution in [1.29, 1.82) is 0 Å². The summed E-state index contributed by atoms with van der Waals surface area (Å²) in [6.45, 7) is 0. The van der Waals surface area contributed by atoms with Crippen molar-refractivity contribution in [2.45, 2.75) is 0 Å². The van der Waals surface area contributed by atoms with Crippen molar-refractivity contribution >= 4 is 39.0 Å². The molecular formula is C42H29NO. The van der Waals surface area contributed by atoms with Gasteiger partial charge in [-0.3, -0.25) is 0 Å². The van der Waals surface area contributed by atoms with Gasteiger partial charge >= 0.3 is 0 Å². The van der Waals surface area contributed by atoms with Crippen LogP contribution in [0.2, 0.25) is 0 Å². The summed E-state index contributed by atoms with van der Waals surface area (Å²) < 4.78 is 6.63. The van der Waals surface area contributed by atoms with E-state index in [1.807, 2.05) is 6.07 Å². The third-order valence-corrected chi connectivity index (χ3v) is 8.29. The van der Waals surface area contributed by atoms with Gasteiger partial charge in [-0.1, -0.05) is 140 Å². The van der Waals surface area contributed by atoms with Crippen LogP contribution in [0.5, 0.6) is 0 Å². The lowest BCUT2D eigenvalue weighted by Crippen LogP contribution is -2.10. The molecule has 0 radical (unpaired) electrons. The molecule has 0 spiro atoms. The summed E-state index contributed by atoms with van der Waals surface area (Å²) >= 11 is 0. The fraction of sp³-hybridized carbons (Fsp3) is 0. The van der Waals surface area contributed by atoms with Crippen LogP contribution in [0.25, 0.3) is 55.3 Å². The average Bonchev–Trinajstić information content (AvgIpc) is 3.50. The topological polar surface area (TPSA) is 16.4 Å². The Labute approximate surface area is 257 Å². The van der Waals surface area contributed by atoms with Gasteiger partial charge in [0, 0.05) is 22.3 Å². The first kappa shape index (κ1) is 25.8. The molecular weight excluding hydrogens is 534 g/mol. The van der Waals surface area contributed by atoms with E-state index in [0.717, 1.165) is 50.1 Å². The van der Waals surface area contributed by atoms with Crippen LogP contribution < -0.4 is 4.90 Å². The number of para-hydroxylation sites is 1. The summed E-state index contributed by atoms with van der Waals surface area (Å²) in [6.07, 6.45) is 0. The molecule has 1 heterocycles. The van der Waals surface area contributed by atoms with Crippen LogP contribution in [0.4, 0.5) is 17.1 Å². The normalized spacial score (nSPS) is 11.2. The van der Waals surface area contributed by atoms with E-state index in [2.05, 4.69) is 175 Å². The molecule has 0 amide bonds. The van der Waals surface area contributed by atoms with Gasteiger partial charge < -0.3 is 9.32 Å². The summed E-state index contributed by atoms with van der Waals surface area (Å²) in [6, 6.07) is 62.0. The highest BCUT2D eigenvalue weighted by Gasteiger charge is 2.21. The standard InChI is InChI=1S/C42H29NO/c1-4-12-30(13-5-1)32-22-26-35(27-23-32)43(36-28-24-33(25-29-36)31-14-6-2-7-15-31)39-20-11-21-40-41(39)38-19-10-18-37(42(38)44-40)34-16-8-3-9-17-34/h1-29H. The number of nitrogens with zero attached hydrogens (tertiary/aromatic N) is 1. The molecule has 8 rings (SSSR count). The van der Waals surface area contributed by atoms with Gasteiger partial charge in [-0.2, -0.15) is 0 Å². The van der Waals surface area contributed by atoms with Gasteiger partial charge in [0.05, 0.1) is 11.1 Å². The lowest BCUT2D eigenvalue weighted by Gasteiger charge is -2.26. The Kier molecular flexibility index (Phi) is 6.51. The molecule has 0 bridgehead atoms. The van der Waals surface area contributed by atoms with E-state index in [9.17, 15) is 0 Å². The smallest absolute Gasteiger partial charge is 0.143 e. The van der Waals surface area contributed by atoms with Crippen LogP contribution in [-0.2, 0) is 0 Å². The second-order valence-corrected chi connectivity index (χ2v) is 11.0. The molecule has 2 nitrogen and oxygen atoms in total. The Balaban J connectivity index is 1.32. The molecule has 2 heteroatoms. The first-order valence-corrected chi connectivity index (χ1v) is 14.9. The first-order chi connectivity index (χ1) is 21.8. The van der Waals surface area contributed by atoms with Crippen molar-refractivity contribution in [1.82, 2.24) is 0 Å². The van der Waals surface area contributed by atoms with E-state index < -0.39 is 0 Å². The molecule has 0 aliphatic carbocycles. The number of hydrogen-bond donors (Lipinski definition) is 0. The summed E-state index contributed by atoms with van der Waals surface area (Å²) in [5.41, 5.74) is 12.0. The van der Waals surface area contributed by atoms with E-state index in [1.165, 1.54) is 22.3 Å². The van der Waals surface area contributed by atoms with Gasteiger partial charge in [0.15, 0.2) is 0 Å². The van der Waals surface area contributed by atoms with Crippen molar-refractivity contribution < 1.29 is 4.42 Å². The Hall–Kier alpha value is -5.86. The second kappa shape index (κ2) is 11.1. The highest BCUT2D eigenvalue weighted by atomic mass is 16.3. The van der Waals surface area contributed by atoms with E-state index in [0.29, 0.717) is 0 Å². The van der Waals surface area contributed by atoms with Crippen LogP contribution in [0.3, 0.4) is 0 Å². The molecule has 0 aliphatic rings. The number of fused-ring (bicyclic) bond motifs is 3. The number of furan rings is 1. The maximum atomic E-state index is 6.63. The fourth-order valence-electron chi connectivity index (χ4n) is 6.15. The molecule has 0 saturated heterocycles. The molecule has 0 saturated carbocycles. The Morgan fingerprint density at radius 1 is 0.364 bits per heavy atom. The molecule has 44 heavy (non-hydrogen) atoms. The van der Waals surface area contributed by atoms with Crippen LogP contribution >= 0.6 is 0 Å². The highest BCUT2D eigenvalue weighted by Crippen LogP contribution is 2.45. The molecule has 0 aliphatic heterocycles. The predicted octanol–water partition coefficient (Wildman–Crippen LogP) is 12.1. The number of benzene rings is 7. The van der Waals surface area contributed by atoms with Gasteiger partial charge in [0.25, 0.3) is 0 Å². The fourth-order valence-corrected chi connectivity index (χ4v) is 6.15. The Morgan fingerprint density at radius 2 is 0.841 bits per heavy atom. The van der Waals surface area contributed by atoms with Crippen LogP contribution in [0.1, 0.15) is 0 Å². The SMILES string of the molecule is c1ccc(-c2ccc(N(c3ccc(-c4ccccc4)cc3)c3cccc4oc5c(-c6ccccc6)cccc5c34)cc2)cc1. The van der Waals surface area contributed by atoms with Gasteiger partial charge in [0.1, 0.15) is 11.2 Å². The molecule has 7 aromatic carbocycles. The largest absolute Gasteiger partial charge is 0.455 e. The zero-order chi connectivity index (χ0) is 29.3. The lowest BCUT2D eigenvalue weighted by atomic mass is 10.0. The zero-order valence-electron chi connectivity index (χ0n) is 24.1. The Bertz CT molecular complexity index is 2100. The molecule has 0 fully saturated rings. The minimum Gasteiger partial charge on any atom is -0.455 e. The van der Waals surface area contributed by atoms with Crippen molar-refractivity contribution in [3.8, 4) is 33.4 Å². The maximum absolute atomic E-state index is 6.63. The number of rotatable bonds is 6. The van der Waals surface area contributed by atoms with E-state index in [4.69, 9.17) is 4.42 Å². The molecule has 8 aromatic rings. The lowest BCUT2D eigenvalue weighted by molar-refractivity contribution is 0.670. The third kappa shape index (κ3) is 4.63. The number of anilines is 3. The van der Waals surface area contributed by atoms with Crippen molar-refractivity contribution in [3.63, 3.8) is 0 Å². The maximum Gasteiger partial charge on any atom is 0.143 e. The van der Waals surface area contributed by atoms with Crippen molar-refractivity contribution in [2.24, 2.45) is 0 Å². The summed E-state index contributed by atoms with van der Waals surface area (Å²) in [5.74, 6) is 0. The Morgan fingerprint density at radius 3 is 1.39 bits per heavy atom. The molecule has 0 atom stereocenters. The quantitative estimate of drug-likeness (QED) is 0.200. The zero-order valence-corrected chi connectivity index (χ0v) is 24.1. The molecule has 0 N–H and O–H groups in total. The minimum atomic E-state index is 0.868. The van der Waals surface area contributed by atoms with Crippen LogP contribution in [0, 0.1) is 0 Å². The highest BCUT2D eigenvalue weighted by molar-refractivity contribution is 6.16. The molecule has 208 valence electrons. The molecule has 1 aromatic heterocycles. The monoisotopic (exact) mass is 563 g/mol. The first-order valence-electron chi connectivity index (χ1n) is 14.9. The van der Waals surface area contributed by atoms with Crippen molar-refractivity contribution in [3.05, 3.63) is 176 Å². The van der Waals surface area contributed by atoms with Gasteiger partial charge in [-0.15, -0.1) is 0 Å². The van der Waals surface area contributed by atoms with Gasteiger partial charge in [-0.05, 0) is 64.2 Å².